The average molecular weight is 309 g/mol. The van der Waals surface area contributed by atoms with Crippen LogP contribution in [0.2, 0.25) is 0 Å². The second kappa shape index (κ2) is 5.76. The number of fused-ring (bicyclic) bond motifs is 1. The first-order valence-electron chi connectivity index (χ1n) is 8.62. The molecule has 120 valence electrons. The van der Waals surface area contributed by atoms with E-state index in [1.807, 2.05) is 23.2 Å². The highest BCUT2D eigenvalue weighted by atomic mass is 16.2. The van der Waals surface area contributed by atoms with Gasteiger partial charge in [-0.15, -0.1) is 0 Å². The molecule has 4 nitrogen and oxygen atoms in total. The van der Waals surface area contributed by atoms with Crippen molar-refractivity contribution in [2.75, 3.05) is 23.8 Å². The Morgan fingerprint density at radius 1 is 0.957 bits per heavy atom. The van der Waals surface area contributed by atoms with Gasteiger partial charge in [-0.1, -0.05) is 30.7 Å². The van der Waals surface area contributed by atoms with Gasteiger partial charge in [0.1, 0.15) is 0 Å². The van der Waals surface area contributed by atoms with Crippen LogP contribution in [0, 0.1) is 5.92 Å². The van der Waals surface area contributed by atoms with Gasteiger partial charge in [0.25, 0.3) is 0 Å². The number of amides is 1. The molecule has 2 aromatic rings. The molecule has 23 heavy (non-hydrogen) atoms. The smallest absolute Gasteiger partial charge is 0.244 e. The number of anilines is 2. The van der Waals surface area contributed by atoms with E-state index in [0.717, 1.165) is 60.9 Å². The van der Waals surface area contributed by atoms with Gasteiger partial charge in [-0.2, -0.15) is 0 Å². The van der Waals surface area contributed by atoms with Gasteiger partial charge in [0, 0.05) is 35.5 Å². The molecule has 1 saturated carbocycles. The Morgan fingerprint density at radius 3 is 2.43 bits per heavy atom. The molecule has 2 N–H and O–H groups in total. The lowest BCUT2D eigenvalue weighted by molar-refractivity contribution is -0.139. The van der Waals surface area contributed by atoms with Crippen LogP contribution in [0.1, 0.15) is 32.1 Å². The van der Waals surface area contributed by atoms with Gasteiger partial charge >= 0.3 is 0 Å². The molecule has 0 aromatic heterocycles. The van der Waals surface area contributed by atoms with Crippen molar-refractivity contribution in [3.63, 3.8) is 0 Å². The van der Waals surface area contributed by atoms with E-state index in [1.54, 1.807) is 0 Å². The Kier molecular flexibility index (Phi) is 3.60. The number of hydrogen-bond donors (Lipinski definition) is 1. The second-order valence-corrected chi connectivity index (χ2v) is 6.64. The summed E-state index contributed by atoms with van der Waals surface area (Å²) in [5.41, 5.74) is 8.02. The summed E-state index contributed by atoms with van der Waals surface area (Å²) < 4.78 is 0. The number of rotatable bonds is 2. The fourth-order valence-electron chi connectivity index (χ4n) is 3.64. The maximum absolute atomic E-state index is 12.8. The van der Waals surface area contributed by atoms with Crippen LogP contribution in [0.5, 0.6) is 0 Å². The topological polar surface area (TPSA) is 49.6 Å². The van der Waals surface area contributed by atoms with Crippen LogP contribution in [0.15, 0.2) is 36.4 Å². The molecule has 0 bridgehead atoms. The van der Waals surface area contributed by atoms with E-state index in [4.69, 9.17) is 5.73 Å². The Morgan fingerprint density at radius 2 is 1.70 bits per heavy atom. The number of carbonyl (C=O) groups is 1. The molecular weight excluding hydrogens is 286 g/mol. The molecule has 0 unspecified atom stereocenters. The zero-order chi connectivity index (χ0) is 15.8. The number of hydrazine groups is 1. The highest BCUT2D eigenvalue weighted by Crippen LogP contribution is 2.35. The number of benzene rings is 2. The Hall–Kier alpha value is -2.23. The molecule has 1 aliphatic carbocycles. The van der Waals surface area contributed by atoms with E-state index in [1.165, 1.54) is 6.42 Å². The van der Waals surface area contributed by atoms with E-state index in [9.17, 15) is 4.79 Å². The van der Waals surface area contributed by atoms with Crippen molar-refractivity contribution < 1.29 is 4.79 Å². The fourth-order valence-corrected chi connectivity index (χ4v) is 3.64. The van der Waals surface area contributed by atoms with Gasteiger partial charge in [-0.05, 0) is 37.8 Å². The summed E-state index contributed by atoms with van der Waals surface area (Å²) in [5, 5.41) is 6.37. The minimum absolute atomic E-state index is 0.232. The van der Waals surface area contributed by atoms with Gasteiger partial charge in [0.2, 0.25) is 5.91 Å². The summed E-state index contributed by atoms with van der Waals surface area (Å²) in [4.78, 5) is 12.8. The largest absolute Gasteiger partial charge is 0.398 e. The third-order valence-corrected chi connectivity index (χ3v) is 5.20. The molecule has 2 aromatic carbocycles. The maximum Gasteiger partial charge on any atom is 0.244 e. The SMILES string of the molecule is Nc1ccc(N2CCCCN2C(=O)C2CCC2)c2ccccc12. The number of nitrogens with zero attached hydrogens (tertiary/aromatic N) is 2. The minimum Gasteiger partial charge on any atom is -0.398 e. The van der Waals surface area contributed by atoms with E-state index in [2.05, 4.69) is 23.2 Å². The minimum atomic E-state index is 0.232. The predicted molar refractivity (Wildman–Crippen MR) is 94.0 cm³/mol. The van der Waals surface area contributed by atoms with Crippen LogP contribution < -0.4 is 10.7 Å². The van der Waals surface area contributed by atoms with Crippen molar-refractivity contribution in [2.45, 2.75) is 32.1 Å². The van der Waals surface area contributed by atoms with Crippen LogP contribution in [0.4, 0.5) is 11.4 Å². The van der Waals surface area contributed by atoms with Crippen molar-refractivity contribution in [3.8, 4) is 0 Å². The molecule has 4 heteroatoms. The quantitative estimate of drug-likeness (QED) is 0.863. The molecule has 0 spiro atoms. The summed E-state index contributed by atoms with van der Waals surface area (Å²) in [7, 11) is 0. The number of nitrogen functional groups attached to an aromatic ring is 1. The Labute approximate surface area is 136 Å². The molecule has 1 aliphatic heterocycles. The van der Waals surface area contributed by atoms with Crippen molar-refractivity contribution in [1.82, 2.24) is 5.01 Å². The van der Waals surface area contributed by atoms with Crippen LogP contribution in [0.3, 0.4) is 0 Å². The third-order valence-electron chi connectivity index (χ3n) is 5.20. The van der Waals surface area contributed by atoms with Crippen LogP contribution in [0.25, 0.3) is 10.8 Å². The Balaban J connectivity index is 1.75. The summed E-state index contributed by atoms with van der Waals surface area (Å²) in [6, 6.07) is 12.2. The van der Waals surface area contributed by atoms with Crippen molar-refractivity contribution in [3.05, 3.63) is 36.4 Å². The molecule has 2 aliphatic rings. The van der Waals surface area contributed by atoms with Gasteiger partial charge < -0.3 is 5.73 Å². The van der Waals surface area contributed by atoms with Crippen molar-refractivity contribution in [1.29, 1.82) is 0 Å². The zero-order valence-electron chi connectivity index (χ0n) is 13.4. The van der Waals surface area contributed by atoms with Crippen molar-refractivity contribution >= 4 is 28.1 Å². The first-order valence-corrected chi connectivity index (χ1v) is 8.62. The molecule has 4 rings (SSSR count). The fraction of sp³-hybridized carbons (Fsp3) is 0.421. The molecule has 1 heterocycles. The summed E-state index contributed by atoms with van der Waals surface area (Å²) in [6.45, 7) is 1.72. The summed E-state index contributed by atoms with van der Waals surface area (Å²) in [6.07, 6.45) is 5.49. The normalized spacial score (nSPS) is 19.0. The van der Waals surface area contributed by atoms with E-state index in [-0.39, 0.29) is 5.92 Å². The summed E-state index contributed by atoms with van der Waals surface area (Å²) >= 11 is 0. The average Bonchev–Trinajstić information content (AvgIpc) is 2.54. The molecule has 1 saturated heterocycles. The lowest BCUT2D eigenvalue weighted by Crippen LogP contribution is -2.53. The highest BCUT2D eigenvalue weighted by Gasteiger charge is 2.34. The third kappa shape index (κ3) is 2.42. The predicted octanol–water partition coefficient (Wildman–Crippen LogP) is 3.57. The molecule has 0 atom stereocenters. The van der Waals surface area contributed by atoms with Crippen LogP contribution >= 0.6 is 0 Å². The molecular formula is C19H23N3O. The highest BCUT2D eigenvalue weighted by molar-refractivity contribution is 6.01. The van der Waals surface area contributed by atoms with Gasteiger partial charge in [-0.3, -0.25) is 14.8 Å². The first kappa shape index (κ1) is 14.4. The van der Waals surface area contributed by atoms with Crippen LogP contribution in [-0.2, 0) is 4.79 Å². The summed E-state index contributed by atoms with van der Waals surface area (Å²) in [5.74, 6) is 0.535. The number of hydrogen-bond acceptors (Lipinski definition) is 3. The van der Waals surface area contributed by atoms with E-state index in [0.29, 0.717) is 5.91 Å². The lowest BCUT2D eigenvalue weighted by atomic mass is 9.84. The zero-order valence-corrected chi connectivity index (χ0v) is 13.4. The Bertz CT molecular complexity index is 738. The number of nitrogens with two attached hydrogens (primary N) is 1. The maximum atomic E-state index is 12.8. The van der Waals surface area contributed by atoms with Gasteiger partial charge in [0.05, 0.1) is 5.69 Å². The van der Waals surface area contributed by atoms with Crippen molar-refractivity contribution in [2.24, 2.45) is 5.92 Å². The standard InChI is InChI=1S/C19H23N3O/c20-17-10-11-18(16-9-2-1-8-15(16)17)21-12-3-4-13-22(21)19(23)14-6-5-7-14/h1-2,8-11,14H,3-7,12-13,20H2. The van der Waals surface area contributed by atoms with E-state index >= 15 is 0 Å². The lowest BCUT2D eigenvalue weighted by Gasteiger charge is -2.43. The first-order chi connectivity index (χ1) is 11.3. The second-order valence-electron chi connectivity index (χ2n) is 6.64. The molecule has 0 radical (unpaired) electrons. The molecule has 1 amide bonds. The van der Waals surface area contributed by atoms with Gasteiger partial charge in [-0.25, -0.2) is 0 Å². The van der Waals surface area contributed by atoms with E-state index < -0.39 is 0 Å². The number of carbonyl (C=O) groups excluding carboxylic acids is 1. The monoisotopic (exact) mass is 309 g/mol. The van der Waals surface area contributed by atoms with Crippen LogP contribution in [-0.4, -0.2) is 24.0 Å². The van der Waals surface area contributed by atoms with Gasteiger partial charge in [0.15, 0.2) is 0 Å². The molecule has 2 fully saturated rings.